The molecule has 0 bridgehead atoms. The second-order valence-electron chi connectivity index (χ2n) is 4.42. The van der Waals surface area contributed by atoms with E-state index >= 15 is 0 Å². The van der Waals surface area contributed by atoms with Crippen molar-refractivity contribution in [1.82, 2.24) is 15.1 Å². The molecule has 1 aliphatic heterocycles. The fourth-order valence-electron chi connectivity index (χ4n) is 1.86. The van der Waals surface area contributed by atoms with E-state index in [0.717, 1.165) is 9.78 Å². The normalized spacial score (nSPS) is 16.9. The molecule has 0 aromatic carbocycles. The van der Waals surface area contributed by atoms with Crippen LogP contribution in [0.5, 0.6) is 0 Å². The van der Waals surface area contributed by atoms with Gasteiger partial charge < -0.3 is 10.2 Å². The SMILES string of the molecule is C[C@H](NC(=O)CN1C(=O)CN(C)C1=O)c1cccs1. The Balaban J connectivity index is 1.91. The Labute approximate surface area is 115 Å². The first-order chi connectivity index (χ1) is 8.99. The average Bonchev–Trinajstić information content (AvgIpc) is 2.94. The molecule has 1 aliphatic rings. The molecule has 0 saturated carbocycles. The molecule has 1 aromatic heterocycles. The third-order valence-electron chi connectivity index (χ3n) is 2.88. The monoisotopic (exact) mass is 281 g/mol. The summed E-state index contributed by atoms with van der Waals surface area (Å²) in [7, 11) is 1.53. The van der Waals surface area contributed by atoms with E-state index in [-0.39, 0.29) is 30.9 Å². The summed E-state index contributed by atoms with van der Waals surface area (Å²) in [6.45, 7) is 1.67. The highest BCUT2D eigenvalue weighted by molar-refractivity contribution is 7.10. The Morgan fingerprint density at radius 3 is 2.79 bits per heavy atom. The molecule has 0 radical (unpaired) electrons. The largest absolute Gasteiger partial charge is 0.347 e. The Morgan fingerprint density at radius 2 is 2.26 bits per heavy atom. The van der Waals surface area contributed by atoms with Crippen LogP contribution >= 0.6 is 11.3 Å². The third kappa shape index (κ3) is 2.93. The smallest absolute Gasteiger partial charge is 0.327 e. The van der Waals surface area contributed by atoms with Crippen LogP contribution in [-0.4, -0.2) is 47.8 Å². The molecule has 1 fully saturated rings. The highest BCUT2D eigenvalue weighted by atomic mass is 32.1. The minimum absolute atomic E-state index is 0.0343. The van der Waals surface area contributed by atoms with Gasteiger partial charge in [0.05, 0.1) is 6.04 Å². The Hall–Kier alpha value is -1.89. The van der Waals surface area contributed by atoms with Gasteiger partial charge in [-0.25, -0.2) is 4.79 Å². The van der Waals surface area contributed by atoms with Crippen molar-refractivity contribution in [1.29, 1.82) is 0 Å². The van der Waals surface area contributed by atoms with Crippen molar-refractivity contribution in [3.8, 4) is 0 Å². The number of hydrogen-bond donors (Lipinski definition) is 1. The minimum atomic E-state index is -0.427. The summed E-state index contributed by atoms with van der Waals surface area (Å²) in [6, 6.07) is 3.28. The molecule has 1 N–H and O–H groups in total. The van der Waals surface area contributed by atoms with Gasteiger partial charge in [-0.15, -0.1) is 11.3 Å². The maximum Gasteiger partial charge on any atom is 0.327 e. The van der Waals surface area contributed by atoms with Crippen LogP contribution < -0.4 is 5.32 Å². The van der Waals surface area contributed by atoms with Crippen molar-refractivity contribution < 1.29 is 14.4 Å². The van der Waals surface area contributed by atoms with Crippen LogP contribution in [0.15, 0.2) is 17.5 Å². The van der Waals surface area contributed by atoms with Crippen molar-refractivity contribution >= 4 is 29.2 Å². The lowest BCUT2D eigenvalue weighted by Crippen LogP contribution is -2.41. The summed E-state index contributed by atoms with van der Waals surface area (Å²) in [5.74, 6) is -0.677. The standard InChI is InChI=1S/C12H15N3O3S/c1-8(9-4-3-5-19-9)13-10(16)6-15-11(17)7-14(2)12(15)18/h3-5,8H,6-7H2,1-2H3,(H,13,16)/t8-/m0/s1. The van der Waals surface area contributed by atoms with Gasteiger partial charge in [0.25, 0.3) is 5.91 Å². The second-order valence-corrected chi connectivity index (χ2v) is 5.40. The zero-order valence-corrected chi connectivity index (χ0v) is 11.6. The Bertz CT molecular complexity index is 500. The molecule has 1 saturated heterocycles. The van der Waals surface area contributed by atoms with Crippen LogP contribution in [-0.2, 0) is 9.59 Å². The van der Waals surface area contributed by atoms with E-state index in [0.29, 0.717) is 0 Å². The number of carbonyl (C=O) groups is 3. The Morgan fingerprint density at radius 1 is 1.53 bits per heavy atom. The van der Waals surface area contributed by atoms with E-state index in [1.807, 2.05) is 24.4 Å². The van der Waals surface area contributed by atoms with Gasteiger partial charge in [-0.1, -0.05) is 6.07 Å². The number of rotatable bonds is 4. The molecular weight excluding hydrogens is 266 g/mol. The van der Waals surface area contributed by atoms with Crippen molar-refractivity contribution in [2.45, 2.75) is 13.0 Å². The first-order valence-corrected chi connectivity index (χ1v) is 6.75. The lowest BCUT2D eigenvalue weighted by Gasteiger charge is -2.16. The number of nitrogens with zero attached hydrogens (tertiary/aromatic N) is 2. The minimum Gasteiger partial charge on any atom is -0.347 e. The predicted octanol–water partition coefficient (Wildman–Crippen LogP) is 0.819. The third-order valence-corrected chi connectivity index (χ3v) is 3.94. The van der Waals surface area contributed by atoms with Crippen LogP contribution in [0.2, 0.25) is 0 Å². The van der Waals surface area contributed by atoms with Gasteiger partial charge in [0, 0.05) is 11.9 Å². The van der Waals surface area contributed by atoms with Gasteiger partial charge >= 0.3 is 6.03 Å². The lowest BCUT2D eigenvalue weighted by molar-refractivity contribution is -0.131. The molecule has 2 rings (SSSR count). The van der Waals surface area contributed by atoms with Gasteiger partial charge in [-0.3, -0.25) is 14.5 Å². The molecular formula is C12H15N3O3S. The van der Waals surface area contributed by atoms with Crippen molar-refractivity contribution in [3.63, 3.8) is 0 Å². The highest BCUT2D eigenvalue weighted by Crippen LogP contribution is 2.18. The zero-order chi connectivity index (χ0) is 14.0. The van der Waals surface area contributed by atoms with E-state index < -0.39 is 6.03 Å². The zero-order valence-electron chi connectivity index (χ0n) is 10.8. The van der Waals surface area contributed by atoms with Crippen LogP contribution in [0.4, 0.5) is 4.79 Å². The summed E-state index contributed by atoms with van der Waals surface area (Å²) >= 11 is 1.55. The van der Waals surface area contributed by atoms with E-state index in [1.54, 1.807) is 11.3 Å². The topological polar surface area (TPSA) is 69.7 Å². The molecule has 102 valence electrons. The van der Waals surface area contributed by atoms with E-state index in [4.69, 9.17) is 0 Å². The molecule has 0 aliphatic carbocycles. The Kier molecular flexibility index (Phi) is 3.84. The van der Waals surface area contributed by atoms with Crippen LogP contribution in [0.3, 0.4) is 0 Å². The summed E-state index contributed by atoms with van der Waals surface area (Å²) < 4.78 is 0. The number of likely N-dealkylation sites (N-methyl/N-ethyl adjacent to an activating group) is 1. The first-order valence-electron chi connectivity index (χ1n) is 5.87. The molecule has 1 aromatic rings. The van der Waals surface area contributed by atoms with Gasteiger partial charge in [0.2, 0.25) is 5.91 Å². The second kappa shape index (κ2) is 5.40. The predicted molar refractivity (Wildman–Crippen MR) is 70.6 cm³/mol. The number of imide groups is 1. The maximum atomic E-state index is 11.8. The van der Waals surface area contributed by atoms with E-state index in [1.165, 1.54) is 11.9 Å². The van der Waals surface area contributed by atoms with Gasteiger partial charge in [-0.05, 0) is 18.4 Å². The van der Waals surface area contributed by atoms with E-state index in [2.05, 4.69) is 5.32 Å². The number of hydrogen-bond acceptors (Lipinski definition) is 4. The van der Waals surface area contributed by atoms with Crippen molar-refractivity contribution in [3.05, 3.63) is 22.4 Å². The molecule has 2 heterocycles. The molecule has 1 atom stereocenters. The number of thiophene rings is 1. The summed E-state index contributed by atoms with van der Waals surface area (Å²) in [5.41, 5.74) is 0. The molecule has 0 unspecified atom stereocenters. The van der Waals surface area contributed by atoms with Crippen LogP contribution in [0, 0.1) is 0 Å². The maximum absolute atomic E-state index is 11.8. The van der Waals surface area contributed by atoms with Crippen molar-refractivity contribution in [2.24, 2.45) is 0 Å². The fourth-order valence-corrected chi connectivity index (χ4v) is 2.60. The first kappa shape index (κ1) is 13.5. The van der Waals surface area contributed by atoms with Crippen LogP contribution in [0.25, 0.3) is 0 Å². The summed E-state index contributed by atoms with van der Waals surface area (Å²) in [4.78, 5) is 38.3. The van der Waals surface area contributed by atoms with Gasteiger partial charge in [0.1, 0.15) is 13.1 Å². The van der Waals surface area contributed by atoms with Crippen molar-refractivity contribution in [2.75, 3.05) is 20.1 Å². The quantitative estimate of drug-likeness (QED) is 0.831. The number of urea groups is 1. The lowest BCUT2D eigenvalue weighted by atomic mass is 10.2. The molecule has 4 amide bonds. The molecule has 19 heavy (non-hydrogen) atoms. The molecule has 7 heteroatoms. The van der Waals surface area contributed by atoms with Crippen LogP contribution in [0.1, 0.15) is 17.8 Å². The highest BCUT2D eigenvalue weighted by Gasteiger charge is 2.34. The summed E-state index contributed by atoms with van der Waals surface area (Å²) in [5, 5.41) is 4.70. The van der Waals surface area contributed by atoms with E-state index in [9.17, 15) is 14.4 Å². The number of carbonyl (C=O) groups excluding carboxylic acids is 3. The average molecular weight is 281 g/mol. The van der Waals surface area contributed by atoms with Gasteiger partial charge in [-0.2, -0.15) is 0 Å². The molecule has 0 spiro atoms. The number of amides is 4. The summed E-state index contributed by atoms with van der Waals surface area (Å²) in [6.07, 6.45) is 0. The fraction of sp³-hybridized carbons (Fsp3) is 0.417. The number of nitrogens with one attached hydrogen (secondary N) is 1. The van der Waals surface area contributed by atoms with Gasteiger partial charge in [0.15, 0.2) is 0 Å². The molecule has 6 nitrogen and oxygen atoms in total.